The average Bonchev–Trinajstić information content (AvgIpc) is 3.20. The summed E-state index contributed by atoms with van der Waals surface area (Å²) in [6, 6.07) is 4.20. The number of ether oxygens (including phenoxy) is 2. The second-order valence-electron chi connectivity index (χ2n) is 7.91. The van der Waals surface area contributed by atoms with Crippen LogP contribution in [0.1, 0.15) is 55.9 Å². The molecule has 0 fully saturated rings. The topological polar surface area (TPSA) is 85.6 Å². The van der Waals surface area contributed by atoms with Gasteiger partial charge in [-0.3, -0.25) is 4.99 Å². The van der Waals surface area contributed by atoms with Gasteiger partial charge in [0.1, 0.15) is 23.4 Å². The number of hydrogen-bond acceptors (Lipinski definition) is 5. The van der Waals surface area contributed by atoms with E-state index in [4.69, 9.17) is 9.47 Å². The van der Waals surface area contributed by atoms with Crippen molar-refractivity contribution in [3.8, 4) is 11.5 Å². The van der Waals surface area contributed by atoms with E-state index in [1.54, 1.807) is 7.05 Å². The first-order chi connectivity index (χ1) is 14.7. The predicted octanol–water partition coefficient (Wildman–Crippen LogP) is 2.59. The summed E-state index contributed by atoms with van der Waals surface area (Å²) < 4.78 is 14.1. The van der Waals surface area contributed by atoms with Crippen LogP contribution in [0.4, 0.5) is 0 Å². The van der Waals surface area contributed by atoms with Gasteiger partial charge >= 0.3 is 0 Å². The minimum atomic E-state index is 0.213. The quantitative estimate of drug-likeness (QED) is 0.560. The summed E-state index contributed by atoms with van der Waals surface area (Å²) in [7, 11) is 1.77. The molecule has 0 spiro atoms. The summed E-state index contributed by atoms with van der Waals surface area (Å²) in [6.07, 6.45) is 5.79. The molecular formula is C22H32N6O2. The molecule has 0 amide bonds. The van der Waals surface area contributed by atoms with E-state index >= 15 is 0 Å². The van der Waals surface area contributed by atoms with E-state index in [9.17, 15) is 0 Å². The Morgan fingerprint density at radius 3 is 2.93 bits per heavy atom. The largest absolute Gasteiger partial charge is 0.494 e. The minimum Gasteiger partial charge on any atom is -0.494 e. The Morgan fingerprint density at radius 2 is 2.10 bits per heavy atom. The van der Waals surface area contributed by atoms with Crippen molar-refractivity contribution in [3.63, 3.8) is 0 Å². The van der Waals surface area contributed by atoms with Gasteiger partial charge in [0.2, 0.25) is 0 Å². The Hall–Kier alpha value is -2.77. The molecule has 1 aromatic carbocycles. The van der Waals surface area contributed by atoms with Gasteiger partial charge in [0.25, 0.3) is 0 Å². The van der Waals surface area contributed by atoms with Crippen LogP contribution < -0.4 is 20.1 Å². The molecule has 1 unspecified atom stereocenters. The second kappa shape index (κ2) is 9.36. The van der Waals surface area contributed by atoms with Crippen molar-refractivity contribution >= 4 is 5.96 Å². The number of aryl methyl sites for hydroxylation is 1. The highest BCUT2D eigenvalue weighted by Gasteiger charge is 2.22. The number of aromatic nitrogens is 3. The SMILES string of the molecule is CCOc1cc2c(cc1CNC(=NC)NCc1nnc3n1CCCCC3)OC(C)C2. The molecule has 2 N–H and O–H groups in total. The number of rotatable bonds is 6. The Labute approximate surface area is 178 Å². The number of aliphatic imine (C=N–C) groups is 1. The lowest BCUT2D eigenvalue weighted by molar-refractivity contribution is 0.254. The van der Waals surface area contributed by atoms with E-state index in [2.05, 4.69) is 49.4 Å². The first-order valence-corrected chi connectivity index (χ1v) is 11.0. The van der Waals surface area contributed by atoms with E-state index in [-0.39, 0.29) is 6.10 Å². The highest BCUT2D eigenvalue weighted by molar-refractivity contribution is 5.79. The Bertz CT molecular complexity index is 907. The van der Waals surface area contributed by atoms with Crippen LogP contribution in [0, 0.1) is 0 Å². The molecule has 2 aliphatic heterocycles. The number of fused-ring (bicyclic) bond motifs is 2. The number of benzene rings is 1. The number of nitrogens with zero attached hydrogens (tertiary/aromatic N) is 4. The highest BCUT2D eigenvalue weighted by Crippen LogP contribution is 2.35. The van der Waals surface area contributed by atoms with Crippen LogP contribution in [0.15, 0.2) is 17.1 Å². The van der Waals surface area contributed by atoms with Gasteiger partial charge in [-0.15, -0.1) is 10.2 Å². The van der Waals surface area contributed by atoms with E-state index in [0.717, 1.165) is 54.1 Å². The minimum absolute atomic E-state index is 0.213. The van der Waals surface area contributed by atoms with Crippen molar-refractivity contribution in [1.29, 1.82) is 0 Å². The molecule has 8 nitrogen and oxygen atoms in total. The lowest BCUT2D eigenvalue weighted by atomic mass is 10.1. The van der Waals surface area contributed by atoms with Crippen molar-refractivity contribution in [3.05, 3.63) is 34.9 Å². The fourth-order valence-electron chi connectivity index (χ4n) is 4.15. The fraction of sp³-hybridized carbons (Fsp3) is 0.591. The lowest BCUT2D eigenvalue weighted by Gasteiger charge is -2.16. The third-order valence-corrected chi connectivity index (χ3v) is 5.65. The van der Waals surface area contributed by atoms with Gasteiger partial charge in [-0.2, -0.15) is 0 Å². The average molecular weight is 413 g/mol. The number of hydrogen-bond donors (Lipinski definition) is 2. The van der Waals surface area contributed by atoms with E-state index < -0.39 is 0 Å². The fourth-order valence-corrected chi connectivity index (χ4v) is 4.15. The van der Waals surface area contributed by atoms with E-state index in [1.165, 1.54) is 24.8 Å². The van der Waals surface area contributed by atoms with Crippen LogP contribution in [-0.2, 0) is 32.5 Å². The second-order valence-corrected chi connectivity index (χ2v) is 7.91. The third kappa shape index (κ3) is 4.52. The van der Waals surface area contributed by atoms with Gasteiger partial charge in [-0.25, -0.2) is 0 Å². The Kier molecular flexibility index (Phi) is 6.40. The van der Waals surface area contributed by atoms with Crippen LogP contribution >= 0.6 is 0 Å². The molecule has 0 radical (unpaired) electrons. The van der Waals surface area contributed by atoms with Gasteiger partial charge in [-0.05, 0) is 38.8 Å². The molecular weight excluding hydrogens is 380 g/mol. The number of guanidine groups is 1. The van der Waals surface area contributed by atoms with Gasteiger partial charge < -0.3 is 24.7 Å². The zero-order chi connectivity index (χ0) is 20.9. The van der Waals surface area contributed by atoms with Crippen molar-refractivity contribution in [2.24, 2.45) is 4.99 Å². The summed E-state index contributed by atoms with van der Waals surface area (Å²) in [6.45, 7) is 6.92. The molecule has 3 heterocycles. The molecule has 0 saturated heterocycles. The smallest absolute Gasteiger partial charge is 0.191 e. The molecule has 1 atom stereocenters. The van der Waals surface area contributed by atoms with Crippen LogP contribution in [0.25, 0.3) is 0 Å². The zero-order valence-electron chi connectivity index (χ0n) is 18.2. The molecule has 162 valence electrons. The zero-order valence-corrected chi connectivity index (χ0v) is 18.2. The van der Waals surface area contributed by atoms with Crippen LogP contribution in [-0.4, -0.2) is 40.5 Å². The maximum absolute atomic E-state index is 5.93. The van der Waals surface area contributed by atoms with Crippen molar-refractivity contribution in [2.75, 3.05) is 13.7 Å². The van der Waals surface area contributed by atoms with E-state index in [1.807, 2.05) is 6.92 Å². The Balaban J connectivity index is 1.39. The predicted molar refractivity (Wildman–Crippen MR) is 116 cm³/mol. The van der Waals surface area contributed by atoms with E-state index in [0.29, 0.717) is 19.7 Å². The molecule has 2 aromatic rings. The lowest BCUT2D eigenvalue weighted by Crippen LogP contribution is -2.37. The van der Waals surface area contributed by atoms with Crippen LogP contribution in [0.2, 0.25) is 0 Å². The molecule has 0 aliphatic carbocycles. The van der Waals surface area contributed by atoms with Crippen LogP contribution in [0.5, 0.6) is 11.5 Å². The molecule has 8 heteroatoms. The first kappa shape index (κ1) is 20.5. The molecule has 1 aromatic heterocycles. The van der Waals surface area contributed by atoms with Gasteiger partial charge in [0, 0.05) is 44.1 Å². The van der Waals surface area contributed by atoms with Gasteiger partial charge in [-0.1, -0.05) is 6.42 Å². The van der Waals surface area contributed by atoms with Crippen LogP contribution in [0.3, 0.4) is 0 Å². The van der Waals surface area contributed by atoms with Gasteiger partial charge in [0.15, 0.2) is 11.8 Å². The molecule has 2 aliphatic rings. The normalized spacial score (nSPS) is 18.2. The Morgan fingerprint density at radius 1 is 1.23 bits per heavy atom. The molecule has 0 saturated carbocycles. The van der Waals surface area contributed by atoms with Crippen molar-refractivity contribution in [2.45, 2.75) is 71.7 Å². The van der Waals surface area contributed by atoms with Gasteiger partial charge in [0.05, 0.1) is 13.2 Å². The molecule has 4 rings (SSSR count). The summed E-state index contributed by atoms with van der Waals surface area (Å²) in [5.74, 6) is 4.64. The summed E-state index contributed by atoms with van der Waals surface area (Å²) >= 11 is 0. The first-order valence-electron chi connectivity index (χ1n) is 11.0. The number of nitrogens with one attached hydrogen (secondary N) is 2. The maximum Gasteiger partial charge on any atom is 0.191 e. The van der Waals surface area contributed by atoms with Crippen molar-refractivity contribution < 1.29 is 9.47 Å². The standard InChI is InChI=1S/C22H32N6O2/c1-4-29-18-11-16-10-15(2)30-19(16)12-17(18)13-24-22(23-3)25-14-21-27-26-20-8-6-5-7-9-28(20)21/h11-12,15H,4-10,13-14H2,1-3H3,(H2,23,24,25). The summed E-state index contributed by atoms with van der Waals surface area (Å²) in [4.78, 5) is 4.36. The molecule has 0 bridgehead atoms. The third-order valence-electron chi connectivity index (χ3n) is 5.65. The molecule has 30 heavy (non-hydrogen) atoms. The summed E-state index contributed by atoms with van der Waals surface area (Å²) in [5, 5.41) is 15.5. The maximum atomic E-state index is 5.93. The van der Waals surface area contributed by atoms with Crippen molar-refractivity contribution in [1.82, 2.24) is 25.4 Å². The monoisotopic (exact) mass is 412 g/mol. The summed E-state index contributed by atoms with van der Waals surface area (Å²) in [5.41, 5.74) is 2.27. The highest BCUT2D eigenvalue weighted by atomic mass is 16.5.